The van der Waals surface area contributed by atoms with Gasteiger partial charge < -0.3 is 4.90 Å². The van der Waals surface area contributed by atoms with Crippen LogP contribution in [-0.2, 0) is 9.59 Å². The minimum atomic E-state index is -0.724. The number of hydrogen-bond acceptors (Lipinski definition) is 3. The number of amides is 2. The molecule has 1 rings (SSSR count). The van der Waals surface area contributed by atoms with Crippen LogP contribution in [0.15, 0.2) is 0 Å². The third kappa shape index (κ3) is 2.92. The lowest BCUT2D eigenvalue weighted by atomic mass is 9.87. The van der Waals surface area contributed by atoms with Gasteiger partial charge in [-0.2, -0.15) is 0 Å². The molecule has 0 atom stereocenters. The molecule has 0 radical (unpaired) electrons. The van der Waals surface area contributed by atoms with Crippen LogP contribution in [0.25, 0.3) is 0 Å². The Kier molecular flexibility index (Phi) is 4.08. The maximum absolute atomic E-state index is 11.4. The normalized spacial score (nSPS) is 18.0. The predicted octanol–water partition coefficient (Wildman–Crippen LogP) is -0.129. The van der Waals surface area contributed by atoms with Crippen molar-refractivity contribution in [3.63, 3.8) is 0 Å². The number of carbonyl (C=O) groups excluding carboxylic acids is 2. The SMILES string of the molecule is CC(C)C1CCN(C(=O)C(=O)NN)CC1. The lowest BCUT2D eigenvalue weighted by molar-refractivity contribution is -0.146. The molecule has 1 saturated heterocycles. The molecule has 1 aliphatic rings. The summed E-state index contributed by atoms with van der Waals surface area (Å²) in [6.07, 6.45) is 1.95. The number of nitrogens with zero attached hydrogens (tertiary/aromatic N) is 1. The quantitative estimate of drug-likeness (QED) is 0.276. The van der Waals surface area contributed by atoms with Crippen molar-refractivity contribution in [3.8, 4) is 0 Å². The number of piperidine rings is 1. The molecule has 0 saturated carbocycles. The fraction of sp³-hybridized carbons (Fsp3) is 0.800. The van der Waals surface area contributed by atoms with Crippen LogP contribution in [0.4, 0.5) is 0 Å². The summed E-state index contributed by atoms with van der Waals surface area (Å²) in [6, 6.07) is 0. The summed E-state index contributed by atoms with van der Waals surface area (Å²) in [5.74, 6) is 4.98. The molecule has 5 heteroatoms. The van der Waals surface area contributed by atoms with E-state index in [4.69, 9.17) is 5.84 Å². The van der Waals surface area contributed by atoms with Crippen molar-refractivity contribution in [1.29, 1.82) is 0 Å². The van der Waals surface area contributed by atoms with Gasteiger partial charge in [0.1, 0.15) is 0 Å². The van der Waals surface area contributed by atoms with Crippen LogP contribution in [0.3, 0.4) is 0 Å². The van der Waals surface area contributed by atoms with E-state index in [-0.39, 0.29) is 0 Å². The van der Waals surface area contributed by atoms with Gasteiger partial charge in [0.05, 0.1) is 0 Å². The zero-order valence-corrected chi connectivity index (χ0v) is 9.32. The molecule has 15 heavy (non-hydrogen) atoms. The lowest BCUT2D eigenvalue weighted by Crippen LogP contribution is -2.48. The van der Waals surface area contributed by atoms with E-state index < -0.39 is 11.8 Å². The van der Waals surface area contributed by atoms with Gasteiger partial charge in [0, 0.05) is 13.1 Å². The van der Waals surface area contributed by atoms with Crippen LogP contribution < -0.4 is 11.3 Å². The van der Waals surface area contributed by atoms with E-state index in [1.54, 1.807) is 4.90 Å². The van der Waals surface area contributed by atoms with Crippen molar-refractivity contribution in [2.75, 3.05) is 13.1 Å². The number of likely N-dealkylation sites (tertiary alicyclic amines) is 1. The summed E-state index contributed by atoms with van der Waals surface area (Å²) in [5.41, 5.74) is 1.87. The topological polar surface area (TPSA) is 75.4 Å². The Balaban J connectivity index is 2.44. The van der Waals surface area contributed by atoms with Gasteiger partial charge in [0.15, 0.2) is 0 Å². The van der Waals surface area contributed by atoms with Gasteiger partial charge in [0.25, 0.3) is 0 Å². The van der Waals surface area contributed by atoms with Gasteiger partial charge in [-0.1, -0.05) is 13.8 Å². The fourth-order valence-electron chi connectivity index (χ4n) is 1.97. The number of carbonyl (C=O) groups is 2. The second-order valence-electron chi connectivity index (χ2n) is 4.35. The maximum atomic E-state index is 11.4. The predicted molar refractivity (Wildman–Crippen MR) is 56.5 cm³/mol. The molecule has 1 fully saturated rings. The van der Waals surface area contributed by atoms with E-state index in [2.05, 4.69) is 13.8 Å². The Morgan fingerprint density at radius 2 is 1.87 bits per heavy atom. The highest BCUT2D eigenvalue weighted by Crippen LogP contribution is 2.24. The van der Waals surface area contributed by atoms with Crippen molar-refractivity contribution in [2.45, 2.75) is 26.7 Å². The molecule has 1 heterocycles. The maximum Gasteiger partial charge on any atom is 0.323 e. The van der Waals surface area contributed by atoms with E-state index in [0.717, 1.165) is 12.8 Å². The first kappa shape index (κ1) is 12.0. The molecule has 0 spiro atoms. The van der Waals surface area contributed by atoms with Crippen LogP contribution in [-0.4, -0.2) is 29.8 Å². The Bertz CT molecular complexity index is 245. The zero-order chi connectivity index (χ0) is 11.4. The van der Waals surface area contributed by atoms with Crippen molar-refractivity contribution >= 4 is 11.8 Å². The number of hydrogen-bond donors (Lipinski definition) is 2. The van der Waals surface area contributed by atoms with Gasteiger partial charge in [-0.3, -0.25) is 15.0 Å². The third-order valence-electron chi connectivity index (χ3n) is 3.09. The Hall–Kier alpha value is -1.10. The largest absolute Gasteiger partial charge is 0.334 e. The summed E-state index contributed by atoms with van der Waals surface area (Å²) < 4.78 is 0. The highest BCUT2D eigenvalue weighted by atomic mass is 16.2. The summed E-state index contributed by atoms with van der Waals surface area (Å²) in [4.78, 5) is 24.0. The third-order valence-corrected chi connectivity index (χ3v) is 3.09. The number of nitrogens with one attached hydrogen (secondary N) is 1. The van der Waals surface area contributed by atoms with E-state index in [0.29, 0.717) is 24.9 Å². The first-order valence-electron chi connectivity index (χ1n) is 5.36. The van der Waals surface area contributed by atoms with Crippen molar-refractivity contribution in [1.82, 2.24) is 10.3 Å². The van der Waals surface area contributed by atoms with Gasteiger partial charge in [-0.05, 0) is 24.7 Å². The molecule has 0 unspecified atom stereocenters. The minimum absolute atomic E-state index is 0.514. The Morgan fingerprint density at radius 3 is 2.27 bits per heavy atom. The average Bonchev–Trinajstić information content (AvgIpc) is 2.27. The molecule has 0 bridgehead atoms. The highest BCUT2D eigenvalue weighted by Gasteiger charge is 2.27. The lowest BCUT2D eigenvalue weighted by Gasteiger charge is -2.33. The van der Waals surface area contributed by atoms with Gasteiger partial charge in [0.2, 0.25) is 0 Å². The minimum Gasteiger partial charge on any atom is -0.334 e. The van der Waals surface area contributed by atoms with Crippen LogP contribution in [0, 0.1) is 11.8 Å². The molecule has 86 valence electrons. The van der Waals surface area contributed by atoms with E-state index in [1.165, 1.54) is 0 Å². The monoisotopic (exact) mass is 213 g/mol. The van der Waals surface area contributed by atoms with Crippen molar-refractivity contribution < 1.29 is 9.59 Å². The number of hydrazine groups is 1. The molecular weight excluding hydrogens is 194 g/mol. The van der Waals surface area contributed by atoms with Gasteiger partial charge >= 0.3 is 11.8 Å². The highest BCUT2D eigenvalue weighted by molar-refractivity contribution is 6.34. The average molecular weight is 213 g/mol. The summed E-state index contributed by atoms with van der Waals surface area (Å²) in [6.45, 7) is 5.70. The molecule has 0 aromatic rings. The molecule has 5 nitrogen and oxygen atoms in total. The van der Waals surface area contributed by atoms with Crippen molar-refractivity contribution in [3.05, 3.63) is 0 Å². The molecule has 0 aromatic carbocycles. The Morgan fingerprint density at radius 1 is 1.33 bits per heavy atom. The zero-order valence-electron chi connectivity index (χ0n) is 9.32. The van der Waals surface area contributed by atoms with E-state index in [1.807, 2.05) is 5.43 Å². The molecule has 3 N–H and O–H groups in total. The molecular formula is C10H19N3O2. The summed E-state index contributed by atoms with van der Waals surface area (Å²) >= 11 is 0. The van der Waals surface area contributed by atoms with Crippen LogP contribution >= 0.6 is 0 Å². The summed E-state index contributed by atoms with van der Waals surface area (Å²) in [7, 11) is 0. The van der Waals surface area contributed by atoms with E-state index >= 15 is 0 Å². The standard InChI is InChI=1S/C10H19N3O2/c1-7(2)8-3-5-13(6-4-8)10(15)9(14)12-11/h7-8H,3-6,11H2,1-2H3,(H,12,14). The van der Waals surface area contributed by atoms with Crippen LogP contribution in [0.2, 0.25) is 0 Å². The van der Waals surface area contributed by atoms with Gasteiger partial charge in [-0.25, -0.2) is 5.84 Å². The fourth-order valence-corrected chi connectivity index (χ4v) is 1.97. The number of nitrogens with two attached hydrogens (primary N) is 1. The first-order chi connectivity index (χ1) is 7.06. The van der Waals surface area contributed by atoms with Crippen LogP contribution in [0.5, 0.6) is 0 Å². The second-order valence-corrected chi connectivity index (χ2v) is 4.35. The molecule has 0 aliphatic carbocycles. The molecule has 1 aliphatic heterocycles. The molecule has 0 aromatic heterocycles. The second kappa shape index (κ2) is 5.11. The van der Waals surface area contributed by atoms with Crippen molar-refractivity contribution in [2.24, 2.45) is 17.7 Å². The van der Waals surface area contributed by atoms with Gasteiger partial charge in [-0.15, -0.1) is 0 Å². The molecule has 2 amide bonds. The Labute approximate surface area is 90.0 Å². The number of rotatable bonds is 1. The van der Waals surface area contributed by atoms with E-state index in [9.17, 15) is 9.59 Å². The smallest absolute Gasteiger partial charge is 0.323 e. The first-order valence-corrected chi connectivity index (χ1v) is 5.36. The summed E-state index contributed by atoms with van der Waals surface area (Å²) in [5, 5.41) is 0. The van der Waals surface area contributed by atoms with Crippen LogP contribution in [0.1, 0.15) is 26.7 Å².